The fraction of sp³-hybridized carbons (Fsp3) is 0.250. The Morgan fingerprint density at radius 2 is 1.95 bits per heavy atom. The molecule has 0 radical (unpaired) electrons. The molecule has 5 nitrogen and oxygen atoms in total. The van der Waals surface area contributed by atoms with E-state index in [2.05, 4.69) is 10.2 Å². The van der Waals surface area contributed by atoms with Gasteiger partial charge in [-0.3, -0.25) is 0 Å². The number of benzene rings is 1. The van der Waals surface area contributed by atoms with Crippen molar-refractivity contribution in [3.05, 3.63) is 41.7 Å². The minimum Gasteiger partial charge on any atom is -0.461 e. The number of ether oxygens (including phenoxy) is 1. The van der Waals surface area contributed by atoms with Gasteiger partial charge < -0.3 is 4.74 Å². The summed E-state index contributed by atoms with van der Waals surface area (Å²) in [5, 5.41) is 7.65. The second-order valence-electron chi connectivity index (χ2n) is 3.78. The summed E-state index contributed by atoms with van der Waals surface area (Å²) in [5.74, 6) is -0.634. The zero-order valence-corrected chi connectivity index (χ0v) is 10.4. The number of hydrogen-bond donors (Lipinski definition) is 0. The van der Waals surface area contributed by atoms with Crippen molar-refractivity contribution >= 4 is 5.97 Å². The molecule has 1 aromatic heterocycles. The van der Waals surface area contributed by atoms with Crippen LogP contribution in [0.15, 0.2) is 30.5 Å². The molecule has 0 aliphatic heterocycles. The van der Waals surface area contributed by atoms with Gasteiger partial charge in [-0.1, -0.05) is 0 Å². The molecular weight excluding hydrogens is 275 g/mol. The third kappa shape index (κ3) is 2.95. The van der Waals surface area contributed by atoms with Crippen LogP contribution < -0.4 is 0 Å². The summed E-state index contributed by atoms with van der Waals surface area (Å²) in [5.41, 5.74) is -0.459. The van der Waals surface area contributed by atoms with E-state index in [0.717, 1.165) is 16.9 Å². The van der Waals surface area contributed by atoms with Crippen molar-refractivity contribution in [3.8, 4) is 5.69 Å². The molecule has 0 bridgehead atoms. The lowest BCUT2D eigenvalue weighted by Gasteiger charge is -2.06. The van der Waals surface area contributed by atoms with Gasteiger partial charge in [-0.25, -0.2) is 4.79 Å². The average molecular weight is 285 g/mol. The molecule has 20 heavy (non-hydrogen) atoms. The van der Waals surface area contributed by atoms with E-state index in [0.29, 0.717) is 5.69 Å². The first kappa shape index (κ1) is 14.0. The number of carbonyl (C=O) groups is 1. The third-order valence-corrected chi connectivity index (χ3v) is 2.40. The fourth-order valence-corrected chi connectivity index (χ4v) is 1.47. The first-order valence-electron chi connectivity index (χ1n) is 5.69. The van der Waals surface area contributed by atoms with Crippen LogP contribution in [0.5, 0.6) is 0 Å². The predicted molar refractivity (Wildman–Crippen MR) is 62.3 cm³/mol. The molecule has 0 atom stereocenters. The lowest BCUT2D eigenvalue weighted by molar-refractivity contribution is -0.137. The highest BCUT2D eigenvalue weighted by atomic mass is 19.4. The predicted octanol–water partition coefficient (Wildman–Crippen LogP) is 2.46. The standard InChI is InChI=1S/C12H10F3N3O2/c1-2-20-11(19)10-7-16-18(17-10)9-5-3-8(4-6-9)12(13,14)15/h3-7H,2H2,1H3. The van der Waals surface area contributed by atoms with Crippen LogP contribution in [0.3, 0.4) is 0 Å². The molecular formula is C12H10F3N3O2. The average Bonchev–Trinajstić information content (AvgIpc) is 2.88. The molecule has 0 spiro atoms. The summed E-state index contributed by atoms with van der Waals surface area (Å²) in [6.45, 7) is 1.85. The molecule has 0 unspecified atom stereocenters. The first-order valence-corrected chi connectivity index (χ1v) is 5.69. The molecule has 0 amide bonds. The van der Waals surface area contributed by atoms with Gasteiger partial charge in [0, 0.05) is 0 Å². The van der Waals surface area contributed by atoms with Gasteiger partial charge in [-0.05, 0) is 31.2 Å². The summed E-state index contributed by atoms with van der Waals surface area (Å²) >= 11 is 0. The van der Waals surface area contributed by atoms with Crippen LogP contribution in [0, 0.1) is 0 Å². The first-order chi connectivity index (χ1) is 9.41. The van der Waals surface area contributed by atoms with E-state index in [1.807, 2.05) is 0 Å². The molecule has 1 aromatic carbocycles. The highest BCUT2D eigenvalue weighted by Gasteiger charge is 2.30. The minimum absolute atomic E-state index is 0.00764. The van der Waals surface area contributed by atoms with E-state index >= 15 is 0 Å². The monoisotopic (exact) mass is 285 g/mol. The van der Waals surface area contributed by atoms with E-state index < -0.39 is 17.7 Å². The quantitative estimate of drug-likeness (QED) is 0.813. The Balaban J connectivity index is 2.22. The summed E-state index contributed by atoms with van der Waals surface area (Å²) in [6.07, 6.45) is -3.21. The van der Waals surface area contributed by atoms with Gasteiger partial charge in [0.15, 0.2) is 5.69 Å². The maximum Gasteiger partial charge on any atom is 0.416 e. The lowest BCUT2D eigenvalue weighted by atomic mass is 10.2. The SMILES string of the molecule is CCOC(=O)c1cnn(-c2ccc(C(F)(F)F)cc2)n1. The normalized spacial score (nSPS) is 11.4. The van der Waals surface area contributed by atoms with Gasteiger partial charge in [-0.15, -0.1) is 5.10 Å². The Kier molecular flexibility index (Phi) is 3.73. The molecule has 1 heterocycles. The second-order valence-corrected chi connectivity index (χ2v) is 3.78. The molecule has 0 N–H and O–H groups in total. The molecule has 106 valence electrons. The maximum absolute atomic E-state index is 12.4. The molecule has 0 aliphatic rings. The maximum atomic E-state index is 12.4. The van der Waals surface area contributed by atoms with Crippen LogP contribution in [0.25, 0.3) is 5.69 Å². The summed E-state index contributed by atoms with van der Waals surface area (Å²) in [6, 6.07) is 4.28. The van der Waals surface area contributed by atoms with Crippen LogP contribution in [-0.2, 0) is 10.9 Å². The van der Waals surface area contributed by atoms with Crippen molar-refractivity contribution < 1.29 is 22.7 Å². The zero-order valence-electron chi connectivity index (χ0n) is 10.4. The number of esters is 1. The summed E-state index contributed by atoms with van der Waals surface area (Å²) in [4.78, 5) is 12.5. The summed E-state index contributed by atoms with van der Waals surface area (Å²) in [7, 11) is 0. The molecule has 8 heteroatoms. The van der Waals surface area contributed by atoms with Crippen molar-refractivity contribution in [2.24, 2.45) is 0 Å². The number of hydrogen-bond acceptors (Lipinski definition) is 4. The number of nitrogens with zero attached hydrogens (tertiary/aromatic N) is 3. The van der Waals surface area contributed by atoms with Crippen LogP contribution in [0.1, 0.15) is 23.0 Å². The Hall–Kier alpha value is -2.38. The molecule has 0 saturated carbocycles. The molecule has 0 aliphatic carbocycles. The third-order valence-electron chi connectivity index (χ3n) is 2.40. The number of halogens is 3. The van der Waals surface area contributed by atoms with Crippen molar-refractivity contribution in [3.63, 3.8) is 0 Å². The second kappa shape index (κ2) is 5.32. The van der Waals surface area contributed by atoms with Gasteiger partial charge in [0.25, 0.3) is 0 Å². The molecule has 0 fully saturated rings. The lowest BCUT2D eigenvalue weighted by Crippen LogP contribution is -2.08. The van der Waals surface area contributed by atoms with Crippen LogP contribution in [0.4, 0.5) is 13.2 Å². The smallest absolute Gasteiger partial charge is 0.416 e. The van der Waals surface area contributed by atoms with E-state index in [-0.39, 0.29) is 12.3 Å². The number of aromatic nitrogens is 3. The van der Waals surface area contributed by atoms with Gasteiger partial charge >= 0.3 is 12.1 Å². The van der Waals surface area contributed by atoms with E-state index in [1.165, 1.54) is 18.3 Å². The molecule has 2 aromatic rings. The van der Waals surface area contributed by atoms with Gasteiger partial charge in [0.05, 0.1) is 24.1 Å². The Bertz CT molecular complexity index is 605. The Morgan fingerprint density at radius 1 is 1.30 bits per heavy atom. The minimum atomic E-state index is -4.40. The van der Waals surface area contributed by atoms with E-state index in [9.17, 15) is 18.0 Å². The van der Waals surface area contributed by atoms with Crippen LogP contribution in [0.2, 0.25) is 0 Å². The van der Waals surface area contributed by atoms with E-state index in [4.69, 9.17) is 4.74 Å². The number of alkyl halides is 3. The van der Waals surface area contributed by atoms with Crippen LogP contribution >= 0.6 is 0 Å². The van der Waals surface area contributed by atoms with Crippen molar-refractivity contribution in [2.75, 3.05) is 6.61 Å². The largest absolute Gasteiger partial charge is 0.461 e. The highest BCUT2D eigenvalue weighted by Crippen LogP contribution is 2.29. The van der Waals surface area contributed by atoms with Gasteiger partial charge in [-0.2, -0.15) is 23.1 Å². The Labute approximate surface area is 112 Å². The topological polar surface area (TPSA) is 57.0 Å². The molecule has 0 saturated heterocycles. The Morgan fingerprint density at radius 3 is 2.50 bits per heavy atom. The van der Waals surface area contributed by atoms with Crippen LogP contribution in [-0.4, -0.2) is 27.6 Å². The van der Waals surface area contributed by atoms with Crippen molar-refractivity contribution in [1.29, 1.82) is 0 Å². The number of carbonyl (C=O) groups excluding carboxylic acids is 1. The van der Waals surface area contributed by atoms with Crippen molar-refractivity contribution in [2.45, 2.75) is 13.1 Å². The van der Waals surface area contributed by atoms with Gasteiger partial charge in [0.2, 0.25) is 0 Å². The number of rotatable bonds is 3. The summed E-state index contributed by atoms with van der Waals surface area (Å²) < 4.78 is 42.0. The van der Waals surface area contributed by atoms with E-state index in [1.54, 1.807) is 6.92 Å². The van der Waals surface area contributed by atoms with Gasteiger partial charge in [0.1, 0.15) is 0 Å². The fourth-order valence-electron chi connectivity index (χ4n) is 1.47. The molecule has 2 rings (SSSR count). The highest BCUT2D eigenvalue weighted by molar-refractivity contribution is 5.86. The van der Waals surface area contributed by atoms with Crippen molar-refractivity contribution in [1.82, 2.24) is 15.0 Å². The zero-order chi connectivity index (χ0) is 14.8.